The fraction of sp³-hybridized carbons (Fsp3) is 0.474. The third kappa shape index (κ3) is 1.97. The summed E-state index contributed by atoms with van der Waals surface area (Å²) in [5.74, 6) is 1.29. The van der Waals surface area contributed by atoms with E-state index in [1.807, 2.05) is 12.1 Å². The molecule has 0 unspecified atom stereocenters. The van der Waals surface area contributed by atoms with Crippen molar-refractivity contribution in [3.8, 4) is 5.75 Å². The van der Waals surface area contributed by atoms with Crippen molar-refractivity contribution in [1.82, 2.24) is 0 Å². The van der Waals surface area contributed by atoms with Gasteiger partial charge in [-0.1, -0.05) is 18.5 Å². The lowest BCUT2D eigenvalue weighted by atomic mass is 9.66. The van der Waals surface area contributed by atoms with Crippen LogP contribution in [0, 0.1) is 5.41 Å². The molecule has 1 N–H and O–H groups in total. The third-order valence-electron chi connectivity index (χ3n) is 5.81. The van der Waals surface area contributed by atoms with Crippen molar-refractivity contribution in [2.45, 2.75) is 44.6 Å². The van der Waals surface area contributed by atoms with Crippen LogP contribution < -0.4 is 4.74 Å². The number of hydrogen-bond acceptors (Lipinski definition) is 2. The maximum Gasteiger partial charge on any atom is 0.119 e. The van der Waals surface area contributed by atoms with Crippen molar-refractivity contribution in [1.29, 1.82) is 0 Å². The Morgan fingerprint density at radius 3 is 2.86 bits per heavy atom. The van der Waals surface area contributed by atoms with Gasteiger partial charge in [-0.3, -0.25) is 0 Å². The van der Waals surface area contributed by atoms with E-state index in [0.29, 0.717) is 5.92 Å². The summed E-state index contributed by atoms with van der Waals surface area (Å²) in [6.07, 6.45) is 3.77. The Bertz CT molecular complexity index is 755. The molecule has 1 saturated carbocycles. The summed E-state index contributed by atoms with van der Waals surface area (Å²) in [6.45, 7) is 2.32. The Labute approximate surface area is 136 Å². The van der Waals surface area contributed by atoms with E-state index in [1.54, 1.807) is 7.11 Å². The molecule has 0 aromatic heterocycles. The highest BCUT2D eigenvalue weighted by atomic mass is 35.5. The van der Waals surface area contributed by atoms with Crippen molar-refractivity contribution in [3.63, 3.8) is 0 Å². The molecule has 0 saturated heterocycles. The number of aliphatic hydroxyl groups is 1. The topological polar surface area (TPSA) is 29.5 Å². The van der Waals surface area contributed by atoms with Crippen LogP contribution in [0.1, 0.15) is 43.2 Å². The quantitative estimate of drug-likeness (QED) is 0.827. The minimum atomic E-state index is -0.180. The molecule has 22 heavy (non-hydrogen) atoms. The molecule has 2 aromatic carbocycles. The Hall–Kier alpha value is -1.25. The molecule has 3 heteroatoms. The Morgan fingerprint density at radius 2 is 2.09 bits per heavy atom. The number of aryl methyl sites for hydroxylation is 1. The van der Waals surface area contributed by atoms with Crippen LogP contribution in [0.5, 0.6) is 5.75 Å². The molecule has 3 atom stereocenters. The minimum absolute atomic E-state index is 0.180. The summed E-state index contributed by atoms with van der Waals surface area (Å²) in [7, 11) is 1.70. The number of benzene rings is 2. The molecular formula is C19H21ClO2. The molecule has 0 bridgehead atoms. The van der Waals surface area contributed by atoms with E-state index in [9.17, 15) is 5.11 Å². The molecule has 0 heterocycles. The van der Waals surface area contributed by atoms with Crippen LogP contribution in [0.15, 0.2) is 24.3 Å². The second-order valence-electron chi connectivity index (χ2n) is 7.14. The summed E-state index contributed by atoms with van der Waals surface area (Å²) in [4.78, 5) is 0. The number of hydrogen-bond donors (Lipinski definition) is 1. The van der Waals surface area contributed by atoms with Crippen LogP contribution in [-0.2, 0) is 6.42 Å². The second-order valence-corrected chi connectivity index (χ2v) is 7.55. The first-order chi connectivity index (χ1) is 10.5. The van der Waals surface area contributed by atoms with E-state index in [2.05, 4.69) is 19.1 Å². The van der Waals surface area contributed by atoms with E-state index >= 15 is 0 Å². The SMILES string of the molecule is COc1ccc2c(Cl)cc3c(c2c1)CC[C@@]1(C)C[C@@H](O)C[C@H]31. The van der Waals surface area contributed by atoms with Gasteiger partial charge in [0.1, 0.15) is 5.75 Å². The number of ether oxygens (including phenoxy) is 1. The van der Waals surface area contributed by atoms with Gasteiger partial charge < -0.3 is 9.84 Å². The number of halogens is 1. The van der Waals surface area contributed by atoms with Crippen LogP contribution in [0.25, 0.3) is 10.8 Å². The summed E-state index contributed by atoms with van der Waals surface area (Å²) < 4.78 is 5.39. The zero-order chi connectivity index (χ0) is 15.5. The standard InChI is InChI=1S/C19H21ClO2/c1-19-6-5-13-15-8-12(22-2)3-4-14(15)18(20)9-16(13)17(19)7-11(21)10-19/h3-4,8-9,11,17,21H,5-7,10H2,1-2H3/t11-,17+,19-/m0/s1. The van der Waals surface area contributed by atoms with Crippen molar-refractivity contribution in [2.75, 3.05) is 7.11 Å². The normalized spacial score (nSPS) is 30.2. The molecule has 1 fully saturated rings. The molecule has 0 aliphatic heterocycles. The molecule has 0 spiro atoms. The average Bonchev–Trinajstić information content (AvgIpc) is 2.81. The molecule has 0 radical (unpaired) electrons. The predicted octanol–water partition coefficient (Wildman–Crippen LogP) is 4.69. The first-order valence-electron chi connectivity index (χ1n) is 7.99. The highest BCUT2D eigenvalue weighted by Gasteiger charge is 2.47. The molecule has 2 aromatic rings. The lowest BCUT2D eigenvalue weighted by Gasteiger charge is -2.38. The highest BCUT2D eigenvalue weighted by Crippen LogP contribution is 2.57. The molecule has 0 amide bonds. The maximum atomic E-state index is 10.2. The summed E-state index contributed by atoms with van der Waals surface area (Å²) in [6, 6.07) is 8.26. The van der Waals surface area contributed by atoms with Gasteiger partial charge in [0.05, 0.1) is 13.2 Å². The molecular weight excluding hydrogens is 296 g/mol. The van der Waals surface area contributed by atoms with E-state index < -0.39 is 0 Å². The first kappa shape index (κ1) is 14.3. The lowest BCUT2D eigenvalue weighted by molar-refractivity contribution is 0.159. The second kappa shape index (κ2) is 4.87. The van der Waals surface area contributed by atoms with Crippen molar-refractivity contribution < 1.29 is 9.84 Å². The van der Waals surface area contributed by atoms with Crippen molar-refractivity contribution in [2.24, 2.45) is 5.41 Å². The van der Waals surface area contributed by atoms with Gasteiger partial charge in [0.25, 0.3) is 0 Å². The predicted molar refractivity (Wildman–Crippen MR) is 89.9 cm³/mol. The largest absolute Gasteiger partial charge is 0.497 e. The van der Waals surface area contributed by atoms with E-state index in [1.165, 1.54) is 16.5 Å². The molecule has 2 aliphatic carbocycles. The molecule has 4 rings (SSSR count). The van der Waals surface area contributed by atoms with Crippen molar-refractivity contribution >= 4 is 22.4 Å². The Morgan fingerprint density at radius 1 is 1.27 bits per heavy atom. The van der Waals surface area contributed by atoms with E-state index in [0.717, 1.165) is 41.8 Å². The van der Waals surface area contributed by atoms with Gasteiger partial charge in [0.15, 0.2) is 0 Å². The zero-order valence-corrected chi connectivity index (χ0v) is 13.8. The molecule has 116 valence electrons. The average molecular weight is 317 g/mol. The van der Waals surface area contributed by atoms with Gasteiger partial charge in [0, 0.05) is 10.4 Å². The molecule has 2 aliphatic rings. The summed E-state index contributed by atoms with van der Waals surface area (Å²) in [5.41, 5.74) is 2.95. The van der Waals surface area contributed by atoms with Gasteiger partial charge in [-0.15, -0.1) is 0 Å². The zero-order valence-electron chi connectivity index (χ0n) is 13.0. The van der Waals surface area contributed by atoms with Crippen LogP contribution in [-0.4, -0.2) is 18.3 Å². The van der Waals surface area contributed by atoms with Gasteiger partial charge in [-0.05, 0) is 77.8 Å². The highest BCUT2D eigenvalue weighted by molar-refractivity contribution is 6.35. The first-order valence-corrected chi connectivity index (χ1v) is 8.37. The lowest BCUT2D eigenvalue weighted by Crippen LogP contribution is -2.26. The third-order valence-corrected chi connectivity index (χ3v) is 6.13. The number of methoxy groups -OCH3 is 1. The number of aliphatic hydroxyl groups excluding tert-OH is 1. The van der Waals surface area contributed by atoms with Crippen LogP contribution in [0.2, 0.25) is 5.02 Å². The summed E-state index contributed by atoms with van der Waals surface area (Å²) in [5, 5.41) is 13.3. The summed E-state index contributed by atoms with van der Waals surface area (Å²) >= 11 is 6.56. The Kier molecular flexibility index (Phi) is 3.18. The number of fused-ring (bicyclic) bond motifs is 5. The van der Waals surface area contributed by atoms with Gasteiger partial charge in [-0.25, -0.2) is 0 Å². The smallest absolute Gasteiger partial charge is 0.119 e. The maximum absolute atomic E-state index is 10.2. The monoisotopic (exact) mass is 316 g/mol. The van der Waals surface area contributed by atoms with Crippen LogP contribution in [0.3, 0.4) is 0 Å². The van der Waals surface area contributed by atoms with Crippen LogP contribution in [0.4, 0.5) is 0 Å². The van der Waals surface area contributed by atoms with E-state index in [4.69, 9.17) is 16.3 Å². The Balaban J connectivity index is 1.96. The fourth-order valence-corrected chi connectivity index (χ4v) is 4.95. The van der Waals surface area contributed by atoms with Crippen molar-refractivity contribution in [3.05, 3.63) is 40.4 Å². The van der Waals surface area contributed by atoms with Gasteiger partial charge in [-0.2, -0.15) is 0 Å². The van der Waals surface area contributed by atoms with Gasteiger partial charge in [0.2, 0.25) is 0 Å². The molecule has 2 nitrogen and oxygen atoms in total. The van der Waals surface area contributed by atoms with E-state index in [-0.39, 0.29) is 11.5 Å². The minimum Gasteiger partial charge on any atom is -0.497 e. The fourth-order valence-electron chi connectivity index (χ4n) is 4.66. The van der Waals surface area contributed by atoms with Crippen LogP contribution >= 0.6 is 11.6 Å². The number of rotatable bonds is 1. The van der Waals surface area contributed by atoms with Gasteiger partial charge >= 0.3 is 0 Å².